The van der Waals surface area contributed by atoms with Crippen molar-refractivity contribution in [3.05, 3.63) is 11.1 Å². The minimum atomic E-state index is -4.40. The highest BCUT2D eigenvalue weighted by molar-refractivity contribution is 7.16. The molecule has 0 unspecified atom stereocenters. The smallest absolute Gasteiger partial charge is 0.384 e. The quantitative estimate of drug-likeness (QED) is 0.637. The summed E-state index contributed by atoms with van der Waals surface area (Å²) in [5, 5.41) is 11.2. The van der Waals surface area contributed by atoms with E-state index in [1.807, 2.05) is 0 Å². The Balaban J connectivity index is 2.30. The van der Waals surface area contributed by atoms with Crippen molar-refractivity contribution in [3.8, 4) is 11.8 Å². The lowest BCUT2D eigenvalue weighted by atomic mass is 10.4. The van der Waals surface area contributed by atoms with Gasteiger partial charge in [0.25, 0.3) is 0 Å². The molecule has 0 aromatic carbocycles. The van der Waals surface area contributed by atoms with E-state index in [0.29, 0.717) is 4.88 Å². The van der Waals surface area contributed by atoms with Crippen molar-refractivity contribution in [2.45, 2.75) is 12.6 Å². The van der Waals surface area contributed by atoms with Crippen molar-refractivity contribution < 1.29 is 27.8 Å². The molecule has 0 radical (unpaired) electrons. The summed E-state index contributed by atoms with van der Waals surface area (Å²) in [6.45, 7) is -1.98. The van der Waals surface area contributed by atoms with E-state index in [9.17, 15) is 18.0 Å². The van der Waals surface area contributed by atoms with Crippen LogP contribution in [0.2, 0.25) is 0 Å². The van der Waals surface area contributed by atoms with Gasteiger partial charge in [0, 0.05) is 0 Å². The van der Waals surface area contributed by atoms with Crippen LogP contribution in [-0.4, -0.2) is 42.0 Å². The Hall–Kier alpha value is -1.63. The number of aliphatic hydroxyl groups is 1. The molecule has 2 N–H and O–H groups in total. The van der Waals surface area contributed by atoms with Crippen LogP contribution in [0.25, 0.3) is 0 Å². The van der Waals surface area contributed by atoms with Gasteiger partial charge in [-0.1, -0.05) is 23.2 Å². The first-order chi connectivity index (χ1) is 9.40. The van der Waals surface area contributed by atoms with Gasteiger partial charge in [0.2, 0.25) is 5.91 Å². The van der Waals surface area contributed by atoms with Crippen LogP contribution in [0.4, 0.5) is 18.3 Å². The third-order valence-corrected chi connectivity index (χ3v) is 2.61. The van der Waals surface area contributed by atoms with Gasteiger partial charge in [-0.3, -0.25) is 4.79 Å². The number of thiazole rings is 1. The van der Waals surface area contributed by atoms with Gasteiger partial charge in [-0.05, 0) is 0 Å². The summed E-state index contributed by atoms with van der Waals surface area (Å²) in [4.78, 5) is 15.8. The number of carbonyl (C=O) groups excluding carboxylic acids is 1. The molecule has 0 aliphatic heterocycles. The number of anilines is 1. The predicted octanol–water partition coefficient (Wildman–Crippen LogP) is 1.39. The van der Waals surface area contributed by atoms with Gasteiger partial charge < -0.3 is 15.2 Å². The zero-order chi connectivity index (χ0) is 15.0. The predicted molar refractivity (Wildman–Crippen MR) is 66.2 cm³/mol. The summed E-state index contributed by atoms with van der Waals surface area (Å²) in [5.41, 5.74) is 0. The summed E-state index contributed by atoms with van der Waals surface area (Å²) in [7, 11) is 0. The van der Waals surface area contributed by atoms with Gasteiger partial charge in [0.1, 0.15) is 13.2 Å². The van der Waals surface area contributed by atoms with Gasteiger partial charge in [-0.2, -0.15) is 13.2 Å². The average molecular weight is 308 g/mol. The second kappa shape index (κ2) is 7.84. The number of hydrogen-bond acceptors (Lipinski definition) is 5. The van der Waals surface area contributed by atoms with Gasteiger partial charge in [0.05, 0.1) is 24.1 Å². The first kappa shape index (κ1) is 16.4. The molecule has 1 aromatic heterocycles. The molecule has 0 saturated heterocycles. The summed E-state index contributed by atoms with van der Waals surface area (Å²) >= 11 is 1.10. The van der Waals surface area contributed by atoms with Crippen molar-refractivity contribution in [1.29, 1.82) is 0 Å². The Kier molecular flexibility index (Phi) is 6.44. The molecule has 1 heterocycles. The van der Waals surface area contributed by atoms with E-state index >= 15 is 0 Å². The van der Waals surface area contributed by atoms with Gasteiger partial charge in [-0.15, -0.1) is 0 Å². The van der Waals surface area contributed by atoms with Crippen LogP contribution in [0.3, 0.4) is 0 Å². The number of nitrogens with one attached hydrogen (secondary N) is 1. The molecule has 9 heteroatoms. The van der Waals surface area contributed by atoms with Crippen LogP contribution in [0.5, 0.6) is 0 Å². The summed E-state index contributed by atoms with van der Waals surface area (Å²) in [5.74, 6) is 4.54. The Morgan fingerprint density at radius 2 is 2.30 bits per heavy atom. The Bertz CT molecular complexity index is 505. The van der Waals surface area contributed by atoms with E-state index in [1.54, 1.807) is 0 Å². The fourth-order valence-corrected chi connectivity index (χ4v) is 1.76. The van der Waals surface area contributed by atoms with Crippen molar-refractivity contribution in [2.24, 2.45) is 0 Å². The maximum atomic E-state index is 11.8. The number of ether oxygens (including phenoxy) is 1. The highest BCUT2D eigenvalue weighted by atomic mass is 32.1. The van der Waals surface area contributed by atoms with Gasteiger partial charge >= 0.3 is 6.18 Å². The van der Waals surface area contributed by atoms with Crippen molar-refractivity contribution in [2.75, 3.05) is 25.1 Å². The van der Waals surface area contributed by atoms with E-state index < -0.39 is 18.7 Å². The van der Waals surface area contributed by atoms with Crippen molar-refractivity contribution in [3.63, 3.8) is 0 Å². The maximum absolute atomic E-state index is 11.8. The number of nitrogens with zero attached hydrogens (tertiary/aromatic N) is 1. The largest absolute Gasteiger partial charge is 0.411 e. The SMILES string of the molecule is O=C(CCOCC(F)(F)F)Nc1ncc(C#CCO)s1. The Morgan fingerprint density at radius 1 is 1.55 bits per heavy atom. The number of aliphatic hydroxyl groups excluding tert-OH is 1. The first-order valence-corrected chi connectivity index (χ1v) is 6.22. The molecule has 1 rings (SSSR count). The number of aromatic nitrogens is 1. The standard InChI is InChI=1S/C11H11F3N2O3S/c12-11(13,14)7-19-5-3-9(18)16-10-15-6-8(20-10)2-1-4-17/h6,17H,3-5,7H2,(H,15,16,18). The van der Waals surface area contributed by atoms with Crippen molar-refractivity contribution in [1.82, 2.24) is 4.98 Å². The van der Waals surface area contributed by atoms with Crippen LogP contribution >= 0.6 is 11.3 Å². The normalized spacial score (nSPS) is 10.8. The molecule has 5 nitrogen and oxygen atoms in total. The lowest BCUT2D eigenvalue weighted by molar-refractivity contribution is -0.174. The van der Waals surface area contributed by atoms with E-state index in [0.717, 1.165) is 11.3 Å². The minimum Gasteiger partial charge on any atom is -0.384 e. The fraction of sp³-hybridized carbons (Fsp3) is 0.455. The first-order valence-electron chi connectivity index (χ1n) is 5.40. The summed E-state index contributed by atoms with van der Waals surface area (Å²) in [6.07, 6.45) is -3.18. The third-order valence-electron chi connectivity index (χ3n) is 1.78. The third kappa shape index (κ3) is 7.08. The topological polar surface area (TPSA) is 71.5 Å². The number of rotatable bonds is 5. The van der Waals surface area contributed by atoms with Crippen molar-refractivity contribution >= 4 is 22.4 Å². The van der Waals surface area contributed by atoms with E-state index in [-0.39, 0.29) is 24.8 Å². The number of halogens is 3. The second-order valence-electron chi connectivity index (χ2n) is 3.46. The fourth-order valence-electron chi connectivity index (χ4n) is 1.05. The number of carbonyl (C=O) groups is 1. The molecular formula is C11H11F3N2O3S. The molecule has 0 aliphatic rings. The Morgan fingerprint density at radius 3 is 2.95 bits per heavy atom. The number of alkyl halides is 3. The van der Waals surface area contributed by atoms with Crippen LogP contribution < -0.4 is 5.32 Å². The molecule has 110 valence electrons. The molecule has 1 amide bonds. The lowest BCUT2D eigenvalue weighted by Crippen LogP contribution is -2.20. The molecule has 0 bridgehead atoms. The zero-order valence-electron chi connectivity index (χ0n) is 10.2. The molecule has 0 saturated carbocycles. The summed E-state index contributed by atoms with van der Waals surface area (Å²) in [6, 6.07) is 0. The average Bonchev–Trinajstić information content (AvgIpc) is 2.78. The highest BCUT2D eigenvalue weighted by Gasteiger charge is 2.27. The minimum absolute atomic E-state index is 0.201. The molecule has 0 aliphatic carbocycles. The monoisotopic (exact) mass is 308 g/mol. The molecule has 20 heavy (non-hydrogen) atoms. The molecular weight excluding hydrogens is 297 g/mol. The van der Waals surface area contributed by atoms with E-state index in [2.05, 4.69) is 26.9 Å². The van der Waals surface area contributed by atoms with Gasteiger partial charge in [0.15, 0.2) is 5.13 Å². The Labute approximate surface area is 116 Å². The van der Waals surface area contributed by atoms with E-state index in [1.165, 1.54) is 6.20 Å². The zero-order valence-corrected chi connectivity index (χ0v) is 11.0. The molecule has 0 atom stereocenters. The number of amides is 1. The van der Waals surface area contributed by atoms with Crippen LogP contribution in [0.15, 0.2) is 6.20 Å². The lowest BCUT2D eigenvalue weighted by Gasteiger charge is -2.06. The van der Waals surface area contributed by atoms with Crippen LogP contribution in [-0.2, 0) is 9.53 Å². The maximum Gasteiger partial charge on any atom is 0.411 e. The van der Waals surface area contributed by atoms with E-state index in [4.69, 9.17) is 5.11 Å². The number of hydrogen-bond donors (Lipinski definition) is 2. The molecule has 0 spiro atoms. The molecule has 0 fully saturated rings. The van der Waals surface area contributed by atoms with Crippen LogP contribution in [0, 0.1) is 11.8 Å². The molecule has 1 aromatic rings. The van der Waals surface area contributed by atoms with Gasteiger partial charge in [-0.25, -0.2) is 4.98 Å². The summed E-state index contributed by atoms with van der Waals surface area (Å²) < 4.78 is 39.6. The van der Waals surface area contributed by atoms with Crippen LogP contribution in [0.1, 0.15) is 11.3 Å². The highest BCUT2D eigenvalue weighted by Crippen LogP contribution is 2.17. The second-order valence-corrected chi connectivity index (χ2v) is 4.49.